The molecule has 0 amide bonds. The van der Waals surface area contributed by atoms with Gasteiger partial charge < -0.3 is 4.90 Å². The lowest BCUT2D eigenvalue weighted by Crippen LogP contribution is -2.26. The molecule has 2 nitrogen and oxygen atoms in total. The van der Waals surface area contributed by atoms with E-state index in [1.54, 1.807) is 0 Å². The van der Waals surface area contributed by atoms with E-state index in [-0.39, 0.29) is 0 Å². The lowest BCUT2D eigenvalue weighted by molar-refractivity contribution is 0.301. The quantitative estimate of drug-likeness (QED) is 0.757. The number of nitrogens with zero attached hydrogens (tertiary/aromatic N) is 2. The molecule has 1 saturated heterocycles. The van der Waals surface area contributed by atoms with Crippen LogP contribution in [0, 0.1) is 5.41 Å². The second kappa shape index (κ2) is 5.26. The van der Waals surface area contributed by atoms with Crippen LogP contribution in [0.2, 0.25) is 0 Å². The molecule has 0 atom stereocenters. The third-order valence-electron chi connectivity index (χ3n) is 4.31. The molecule has 0 aliphatic carbocycles. The van der Waals surface area contributed by atoms with Gasteiger partial charge in [0.1, 0.15) is 0 Å². The van der Waals surface area contributed by atoms with Crippen molar-refractivity contribution in [2.24, 2.45) is 5.41 Å². The minimum atomic E-state index is 0.499. The Kier molecular flexibility index (Phi) is 3.93. The van der Waals surface area contributed by atoms with Crippen molar-refractivity contribution in [3.8, 4) is 0 Å². The summed E-state index contributed by atoms with van der Waals surface area (Å²) in [6, 6.07) is 2.03. The second-order valence-corrected chi connectivity index (χ2v) is 5.28. The molecule has 0 unspecified atom stereocenters. The largest absolute Gasteiger partial charge is 0.369 e. The Balaban J connectivity index is 2.20. The van der Waals surface area contributed by atoms with Crippen LogP contribution in [0.1, 0.15) is 38.7 Å². The highest BCUT2D eigenvalue weighted by Crippen LogP contribution is 2.39. The van der Waals surface area contributed by atoms with E-state index < -0.39 is 0 Å². The Morgan fingerprint density at radius 1 is 1.41 bits per heavy atom. The Labute approximate surface area is 109 Å². The predicted octanol–water partition coefficient (Wildman–Crippen LogP) is 3.84. The Hall–Kier alpha value is -0.760. The van der Waals surface area contributed by atoms with E-state index in [1.807, 2.05) is 18.5 Å². The van der Waals surface area contributed by atoms with Gasteiger partial charge in [-0.05, 0) is 36.3 Å². The first-order valence-corrected chi connectivity index (χ1v) is 7.02. The van der Waals surface area contributed by atoms with Crippen molar-refractivity contribution in [3.63, 3.8) is 0 Å². The molecule has 2 rings (SSSR count). The number of pyridine rings is 1. The third-order valence-corrected chi connectivity index (χ3v) is 4.60. The number of hydrogen-bond acceptors (Lipinski definition) is 2. The number of halogens is 1. The maximum Gasteiger partial charge on any atom is 0.0597 e. The fourth-order valence-corrected chi connectivity index (χ4v) is 3.01. The summed E-state index contributed by atoms with van der Waals surface area (Å²) in [5, 5.41) is 0. The molecule has 0 bridgehead atoms. The first kappa shape index (κ1) is 12.7. The van der Waals surface area contributed by atoms with E-state index in [1.165, 1.54) is 30.5 Å². The first-order chi connectivity index (χ1) is 8.24. The van der Waals surface area contributed by atoms with Crippen LogP contribution in [0.4, 0.5) is 5.69 Å². The van der Waals surface area contributed by atoms with Crippen molar-refractivity contribution >= 4 is 17.3 Å². The van der Waals surface area contributed by atoms with Gasteiger partial charge in [-0.2, -0.15) is 0 Å². The zero-order valence-electron chi connectivity index (χ0n) is 10.7. The number of hydrogen-bond donors (Lipinski definition) is 0. The molecule has 0 spiro atoms. The van der Waals surface area contributed by atoms with Gasteiger partial charge in [0.05, 0.1) is 11.9 Å². The number of anilines is 1. The summed E-state index contributed by atoms with van der Waals surface area (Å²) in [5.41, 5.74) is 2.93. The number of aromatic nitrogens is 1. The maximum absolute atomic E-state index is 5.99. The van der Waals surface area contributed by atoms with Crippen LogP contribution in [0.25, 0.3) is 0 Å². The molecule has 1 aromatic heterocycles. The molecule has 1 fully saturated rings. The summed E-state index contributed by atoms with van der Waals surface area (Å²) in [5.74, 6) is 0.569. The lowest BCUT2D eigenvalue weighted by Gasteiger charge is -2.27. The zero-order chi connectivity index (χ0) is 12.3. The van der Waals surface area contributed by atoms with Crippen molar-refractivity contribution in [2.45, 2.75) is 39.0 Å². The average molecular weight is 253 g/mol. The van der Waals surface area contributed by atoms with Crippen molar-refractivity contribution in [1.82, 2.24) is 4.98 Å². The summed E-state index contributed by atoms with van der Waals surface area (Å²) in [6.45, 7) is 6.89. The summed E-state index contributed by atoms with van der Waals surface area (Å²) >= 11 is 5.99. The van der Waals surface area contributed by atoms with Gasteiger partial charge in [0.15, 0.2) is 0 Å². The fourth-order valence-electron chi connectivity index (χ4n) is 2.78. The van der Waals surface area contributed by atoms with E-state index in [2.05, 4.69) is 23.7 Å². The maximum atomic E-state index is 5.99. The molecule has 1 aliphatic rings. The number of alkyl halides is 1. The van der Waals surface area contributed by atoms with Crippen LogP contribution >= 0.6 is 11.6 Å². The summed E-state index contributed by atoms with van der Waals surface area (Å²) < 4.78 is 0. The molecule has 0 N–H and O–H groups in total. The van der Waals surface area contributed by atoms with Crippen LogP contribution in [-0.2, 0) is 5.88 Å². The molecular weight excluding hydrogens is 232 g/mol. The van der Waals surface area contributed by atoms with Gasteiger partial charge in [0.2, 0.25) is 0 Å². The molecule has 1 aliphatic heterocycles. The first-order valence-electron chi connectivity index (χ1n) is 6.48. The van der Waals surface area contributed by atoms with Gasteiger partial charge >= 0.3 is 0 Å². The molecule has 0 aromatic carbocycles. The molecule has 94 valence electrons. The highest BCUT2D eigenvalue weighted by atomic mass is 35.5. The van der Waals surface area contributed by atoms with E-state index in [4.69, 9.17) is 11.6 Å². The van der Waals surface area contributed by atoms with Crippen LogP contribution in [-0.4, -0.2) is 18.1 Å². The van der Waals surface area contributed by atoms with Crippen LogP contribution in [0.3, 0.4) is 0 Å². The van der Waals surface area contributed by atoms with Gasteiger partial charge in [-0.25, -0.2) is 0 Å². The van der Waals surface area contributed by atoms with Crippen LogP contribution in [0.5, 0.6) is 0 Å². The summed E-state index contributed by atoms with van der Waals surface area (Å²) in [7, 11) is 0. The van der Waals surface area contributed by atoms with Crippen molar-refractivity contribution in [2.75, 3.05) is 18.0 Å². The topological polar surface area (TPSA) is 16.1 Å². The van der Waals surface area contributed by atoms with E-state index in [9.17, 15) is 0 Å². The number of rotatable bonds is 4. The average Bonchev–Trinajstić information content (AvgIpc) is 2.83. The molecule has 3 heteroatoms. The monoisotopic (exact) mass is 252 g/mol. The van der Waals surface area contributed by atoms with Crippen molar-refractivity contribution < 1.29 is 0 Å². The minimum Gasteiger partial charge on any atom is -0.369 e. The lowest BCUT2D eigenvalue weighted by atomic mass is 9.82. The van der Waals surface area contributed by atoms with Gasteiger partial charge in [0.25, 0.3) is 0 Å². The second-order valence-electron chi connectivity index (χ2n) is 5.02. The Morgan fingerprint density at radius 3 is 2.76 bits per heavy atom. The molecule has 2 heterocycles. The van der Waals surface area contributed by atoms with Crippen molar-refractivity contribution in [3.05, 3.63) is 24.0 Å². The fraction of sp³-hybridized carbons (Fsp3) is 0.643. The molecule has 1 aromatic rings. The van der Waals surface area contributed by atoms with E-state index in [0.29, 0.717) is 11.3 Å². The molecule has 0 saturated carbocycles. The van der Waals surface area contributed by atoms with Gasteiger partial charge in [0, 0.05) is 25.2 Å². The standard InChI is InChI=1S/C14H21ClN2/c1-3-14(4-2)6-8-17(11-14)13-10-16-7-5-12(13)9-15/h5,7,10H,3-4,6,8-9,11H2,1-2H3. The normalized spacial score (nSPS) is 18.6. The van der Waals surface area contributed by atoms with Crippen LogP contribution in [0.15, 0.2) is 18.5 Å². The highest BCUT2D eigenvalue weighted by Gasteiger charge is 2.35. The third kappa shape index (κ3) is 2.42. The summed E-state index contributed by atoms with van der Waals surface area (Å²) in [4.78, 5) is 6.69. The van der Waals surface area contributed by atoms with Crippen LogP contribution < -0.4 is 4.90 Å². The van der Waals surface area contributed by atoms with Crippen molar-refractivity contribution in [1.29, 1.82) is 0 Å². The van der Waals surface area contributed by atoms with Gasteiger partial charge in [-0.15, -0.1) is 11.6 Å². The smallest absolute Gasteiger partial charge is 0.0597 e. The molecule has 0 radical (unpaired) electrons. The zero-order valence-corrected chi connectivity index (χ0v) is 11.5. The predicted molar refractivity (Wildman–Crippen MR) is 73.6 cm³/mol. The minimum absolute atomic E-state index is 0.499. The van der Waals surface area contributed by atoms with Gasteiger partial charge in [-0.3, -0.25) is 4.98 Å². The SMILES string of the molecule is CCC1(CC)CCN(c2cnccc2CCl)C1. The molecule has 17 heavy (non-hydrogen) atoms. The summed E-state index contributed by atoms with van der Waals surface area (Å²) in [6.07, 6.45) is 7.59. The Morgan fingerprint density at radius 2 is 2.18 bits per heavy atom. The molecular formula is C14H21ClN2. The Bertz CT molecular complexity index is 374. The van der Waals surface area contributed by atoms with E-state index >= 15 is 0 Å². The van der Waals surface area contributed by atoms with E-state index in [0.717, 1.165) is 13.1 Å². The van der Waals surface area contributed by atoms with Gasteiger partial charge in [-0.1, -0.05) is 13.8 Å². The highest BCUT2D eigenvalue weighted by molar-refractivity contribution is 6.17.